The first kappa shape index (κ1) is 19.6. The van der Waals surface area contributed by atoms with E-state index in [0.29, 0.717) is 23.1 Å². The van der Waals surface area contributed by atoms with Gasteiger partial charge in [0.2, 0.25) is 5.91 Å². The zero-order chi connectivity index (χ0) is 19.1. The van der Waals surface area contributed by atoms with Crippen LogP contribution >= 0.6 is 11.8 Å². The summed E-state index contributed by atoms with van der Waals surface area (Å²) in [6, 6.07) is 6.24. The minimum atomic E-state index is -0.449. The number of carbonyl (C=O) groups is 1. The smallest absolute Gasteiger partial charge is 0.269 e. The van der Waals surface area contributed by atoms with Crippen molar-refractivity contribution in [1.29, 1.82) is 0 Å². The van der Waals surface area contributed by atoms with Crippen LogP contribution in [0, 0.1) is 10.1 Å². The molecule has 0 fully saturated rings. The third kappa shape index (κ3) is 4.92. The zero-order valence-corrected chi connectivity index (χ0v) is 15.5. The van der Waals surface area contributed by atoms with Gasteiger partial charge in [0.1, 0.15) is 0 Å². The summed E-state index contributed by atoms with van der Waals surface area (Å²) in [6.07, 6.45) is 2.58. The Balaban J connectivity index is 2.18. The largest absolute Gasteiger partial charge is 0.353 e. The summed E-state index contributed by atoms with van der Waals surface area (Å²) < 4.78 is 1.83. The van der Waals surface area contributed by atoms with Gasteiger partial charge in [-0.1, -0.05) is 24.8 Å². The van der Waals surface area contributed by atoms with Crippen LogP contribution in [0.4, 0.5) is 5.69 Å². The van der Waals surface area contributed by atoms with Crippen LogP contribution in [-0.2, 0) is 11.3 Å². The van der Waals surface area contributed by atoms with E-state index in [1.54, 1.807) is 18.2 Å². The molecule has 2 aromatic rings. The third-order valence-electron chi connectivity index (χ3n) is 3.72. The third-order valence-corrected chi connectivity index (χ3v) is 4.68. The summed E-state index contributed by atoms with van der Waals surface area (Å²) in [5, 5.41) is 22.6. The van der Waals surface area contributed by atoms with Crippen molar-refractivity contribution in [2.75, 3.05) is 5.75 Å². The van der Waals surface area contributed by atoms with Gasteiger partial charge in [0.15, 0.2) is 11.0 Å². The molecule has 0 aliphatic carbocycles. The normalized spacial score (nSPS) is 11.8. The summed E-state index contributed by atoms with van der Waals surface area (Å²) in [5.41, 5.74) is 0.723. The fourth-order valence-corrected chi connectivity index (χ4v) is 2.94. The minimum Gasteiger partial charge on any atom is -0.353 e. The number of rotatable bonds is 9. The van der Waals surface area contributed by atoms with Gasteiger partial charge >= 0.3 is 0 Å². The van der Waals surface area contributed by atoms with Gasteiger partial charge in [-0.2, -0.15) is 0 Å². The average molecular weight is 375 g/mol. The molecule has 0 aliphatic heterocycles. The molecule has 1 N–H and O–H groups in total. The summed E-state index contributed by atoms with van der Waals surface area (Å²) in [6.45, 7) is 8.17. The predicted octanol–water partition coefficient (Wildman–Crippen LogP) is 3.05. The quantitative estimate of drug-likeness (QED) is 0.313. The summed E-state index contributed by atoms with van der Waals surface area (Å²) in [7, 11) is 0. The lowest BCUT2D eigenvalue weighted by Crippen LogP contribution is -2.33. The number of allylic oxidation sites excluding steroid dienone is 1. The van der Waals surface area contributed by atoms with Crippen molar-refractivity contribution in [3.8, 4) is 11.4 Å². The number of non-ortho nitro benzene ring substituents is 1. The summed E-state index contributed by atoms with van der Waals surface area (Å²) in [4.78, 5) is 22.3. The molecule has 9 heteroatoms. The molecule has 0 spiro atoms. The molecule has 1 aromatic carbocycles. The van der Waals surface area contributed by atoms with E-state index in [2.05, 4.69) is 22.1 Å². The van der Waals surface area contributed by atoms with Crippen LogP contribution in [0.3, 0.4) is 0 Å². The molecule has 1 amide bonds. The molecular weight excluding hydrogens is 354 g/mol. The summed E-state index contributed by atoms with van der Waals surface area (Å²) >= 11 is 1.29. The average Bonchev–Trinajstić information content (AvgIpc) is 3.03. The zero-order valence-electron chi connectivity index (χ0n) is 14.7. The summed E-state index contributed by atoms with van der Waals surface area (Å²) in [5.74, 6) is 0.749. The maximum atomic E-state index is 12.0. The molecule has 1 atom stereocenters. The van der Waals surface area contributed by atoms with Crippen molar-refractivity contribution in [2.45, 2.75) is 38.0 Å². The van der Waals surface area contributed by atoms with E-state index < -0.39 is 4.92 Å². The first-order chi connectivity index (χ1) is 12.5. The van der Waals surface area contributed by atoms with Crippen molar-refractivity contribution in [1.82, 2.24) is 20.1 Å². The van der Waals surface area contributed by atoms with Crippen LogP contribution in [0.25, 0.3) is 11.4 Å². The van der Waals surface area contributed by atoms with Crippen LogP contribution < -0.4 is 5.32 Å². The molecule has 0 radical (unpaired) electrons. The van der Waals surface area contributed by atoms with Crippen LogP contribution in [-0.4, -0.2) is 37.4 Å². The second-order valence-electron chi connectivity index (χ2n) is 5.67. The molecular formula is C17H21N5O3S. The van der Waals surface area contributed by atoms with Crippen LogP contribution in [0.2, 0.25) is 0 Å². The van der Waals surface area contributed by atoms with Crippen LogP contribution in [0.5, 0.6) is 0 Å². The molecule has 0 saturated heterocycles. The molecule has 1 aromatic heterocycles. The fraction of sp³-hybridized carbons (Fsp3) is 0.353. The highest BCUT2D eigenvalue weighted by molar-refractivity contribution is 7.99. The number of thioether (sulfide) groups is 1. The van der Waals surface area contributed by atoms with Crippen molar-refractivity contribution in [3.63, 3.8) is 0 Å². The number of amides is 1. The Kier molecular flexibility index (Phi) is 6.90. The van der Waals surface area contributed by atoms with E-state index in [4.69, 9.17) is 0 Å². The number of hydrogen-bond donors (Lipinski definition) is 1. The number of nitrogens with one attached hydrogen (secondary N) is 1. The Morgan fingerprint density at radius 1 is 1.42 bits per heavy atom. The Morgan fingerprint density at radius 3 is 2.69 bits per heavy atom. The molecule has 1 heterocycles. The second-order valence-corrected chi connectivity index (χ2v) is 6.62. The predicted molar refractivity (Wildman–Crippen MR) is 101 cm³/mol. The van der Waals surface area contributed by atoms with E-state index in [9.17, 15) is 14.9 Å². The van der Waals surface area contributed by atoms with Gasteiger partial charge in [0.05, 0.1) is 10.7 Å². The van der Waals surface area contributed by atoms with Gasteiger partial charge in [0.25, 0.3) is 5.69 Å². The fourth-order valence-electron chi connectivity index (χ4n) is 2.18. The van der Waals surface area contributed by atoms with Crippen LogP contribution in [0.1, 0.15) is 20.3 Å². The SMILES string of the molecule is C=CCn1c(SCC(=O)N[C@@H](C)CC)nnc1-c1ccc([N+](=O)[O-])cc1. The maximum absolute atomic E-state index is 12.0. The molecule has 26 heavy (non-hydrogen) atoms. The number of benzene rings is 1. The number of nitro groups is 1. The van der Waals surface area contributed by atoms with Crippen molar-refractivity contribution in [2.24, 2.45) is 0 Å². The van der Waals surface area contributed by atoms with E-state index in [1.165, 1.54) is 23.9 Å². The van der Waals surface area contributed by atoms with Crippen molar-refractivity contribution >= 4 is 23.4 Å². The van der Waals surface area contributed by atoms with Crippen LogP contribution in [0.15, 0.2) is 42.1 Å². The minimum absolute atomic E-state index is 0.0137. The Bertz CT molecular complexity index is 788. The Morgan fingerprint density at radius 2 is 2.12 bits per heavy atom. The first-order valence-electron chi connectivity index (χ1n) is 8.17. The highest BCUT2D eigenvalue weighted by Crippen LogP contribution is 2.25. The Labute approximate surface area is 155 Å². The van der Waals surface area contributed by atoms with Gasteiger partial charge in [0, 0.05) is 30.3 Å². The monoisotopic (exact) mass is 375 g/mol. The number of nitro benzene ring substituents is 1. The topological polar surface area (TPSA) is 103 Å². The van der Waals surface area contributed by atoms with Gasteiger partial charge in [-0.05, 0) is 25.5 Å². The van der Waals surface area contributed by atoms with E-state index >= 15 is 0 Å². The first-order valence-corrected chi connectivity index (χ1v) is 9.15. The number of aromatic nitrogens is 3. The van der Waals surface area contributed by atoms with Crippen molar-refractivity contribution in [3.05, 3.63) is 47.0 Å². The molecule has 8 nitrogen and oxygen atoms in total. The van der Waals surface area contributed by atoms with Gasteiger partial charge in [-0.25, -0.2) is 0 Å². The molecule has 138 valence electrons. The Hall–Kier alpha value is -2.68. The molecule has 0 aliphatic rings. The molecule has 0 bridgehead atoms. The maximum Gasteiger partial charge on any atom is 0.269 e. The highest BCUT2D eigenvalue weighted by atomic mass is 32.2. The van der Waals surface area contributed by atoms with E-state index in [-0.39, 0.29) is 23.4 Å². The second kappa shape index (κ2) is 9.14. The lowest BCUT2D eigenvalue weighted by molar-refractivity contribution is -0.384. The highest BCUT2D eigenvalue weighted by Gasteiger charge is 2.16. The molecule has 0 unspecified atom stereocenters. The number of hydrogen-bond acceptors (Lipinski definition) is 6. The number of carbonyl (C=O) groups excluding carboxylic acids is 1. The van der Waals surface area contributed by atoms with Gasteiger partial charge < -0.3 is 5.32 Å². The lowest BCUT2D eigenvalue weighted by atomic mass is 10.2. The standard InChI is InChI=1S/C17H21N5O3S/c1-4-10-21-16(13-6-8-14(9-7-13)22(24)25)19-20-17(21)26-11-15(23)18-12(3)5-2/h4,6-9,12H,1,5,10-11H2,2-3H3,(H,18,23)/t12-/m0/s1. The van der Waals surface area contributed by atoms with E-state index in [1.807, 2.05) is 18.4 Å². The van der Waals surface area contributed by atoms with E-state index in [0.717, 1.165) is 6.42 Å². The molecule has 0 saturated carbocycles. The molecule has 2 rings (SSSR count). The number of nitrogens with zero attached hydrogens (tertiary/aromatic N) is 4. The van der Waals surface area contributed by atoms with Gasteiger partial charge in [-0.3, -0.25) is 19.5 Å². The van der Waals surface area contributed by atoms with Crippen molar-refractivity contribution < 1.29 is 9.72 Å². The van der Waals surface area contributed by atoms with Gasteiger partial charge in [-0.15, -0.1) is 16.8 Å². The lowest BCUT2D eigenvalue weighted by Gasteiger charge is -2.11.